The number of rotatable bonds is 3. The summed E-state index contributed by atoms with van der Waals surface area (Å²) in [7, 11) is 2.19. The van der Waals surface area contributed by atoms with Crippen molar-refractivity contribution < 1.29 is 0 Å². The highest BCUT2D eigenvalue weighted by molar-refractivity contribution is 6.09. The van der Waals surface area contributed by atoms with Crippen LogP contribution in [-0.2, 0) is 0 Å². The summed E-state index contributed by atoms with van der Waals surface area (Å²) in [4.78, 5) is 7.36. The van der Waals surface area contributed by atoms with Crippen LogP contribution < -0.4 is 10.6 Å². The Labute approximate surface area is 145 Å². The first kappa shape index (κ1) is 16.8. The second-order valence-corrected chi connectivity index (χ2v) is 6.91. The van der Waals surface area contributed by atoms with Gasteiger partial charge in [0.25, 0.3) is 0 Å². The number of aliphatic imine (C=N–C) groups is 1. The van der Waals surface area contributed by atoms with Crippen LogP contribution in [0, 0.1) is 5.92 Å². The van der Waals surface area contributed by atoms with Crippen LogP contribution in [0.5, 0.6) is 0 Å². The Bertz CT molecular complexity index is 676. The molecule has 128 valence electrons. The van der Waals surface area contributed by atoms with Crippen molar-refractivity contribution in [3.05, 3.63) is 48.6 Å². The molecule has 0 amide bonds. The fraction of sp³-hybridized carbons (Fsp3) is 0.450. The van der Waals surface area contributed by atoms with E-state index in [1.54, 1.807) is 0 Å². The molecule has 4 heteroatoms. The topological polar surface area (TPSA) is 39.7 Å². The quantitative estimate of drug-likeness (QED) is 0.832. The fourth-order valence-corrected chi connectivity index (χ4v) is 3.73. The van der Waals surface area contributed by atoms with E-state index < -0.39 is 0 Å². The number of anilines is 2. The van der Waals surface area contributed by atoms with E-state index in [1.807, 2.05) is 13.0 Å². The molecule has 2 heterocycles. The molecule has 0 saturated carbocycles. The maximum atomic E-state index is 4.96. The monoisotopic (exact) mass is 324 g/mol. The number of hydrogen-bond acceptors (Lipinski definition) is 3. The van der Waals surface area contributed by atoms with Crippen molar-refractivity contribution in [1.29, 1.82) is 0 Å². The van der Waals surface area contributed by atoms with Gasteiger partial charge in [-0.05, 0) is 44.0 Å². The summed E-state index contributed by atoms with van der Waals surface area (Å²) in [6, 6.07) is 8.39. The summed E-state index contributed by atoms with van der Waals surface area (Å²) in [5.74, 6) is 1.52. The molecule has 2 atom stereocenters. The van der Waals surface area contributed by atoms with Gasteiger partial charge in [0.15, 0.2) is 0 Å². The number of fused-ring (bicyclic) bond motifs is 1. The van der Waals surface area contributed by atoms with Crippen molar-refractivity contribution >= 4 is 17.2 Å². The fourth-order valence-electron chi connectivity index (χ4n) is 3.73. The number of piperidine rings is 1. The molecule has 2 N–H and O–H groups in total. The van der Waals surface area contributed by atoms with Crippen LogP contribution in [0.15, 0.2) is 53.6 Å². The van der Waals surface area contributed by atoms with E-state index >= 15 is 0 Å². The Kier molecular flexibility index (Phi) is 4.76. The van der Waals surface area contributed by atoms with Crippen LogP contribution in [0.3, 0.4) is 0 Å². The summed E-state index contributed by atoms with van der Waals surface area (Å²) in [6.07, 6.45) is 5.01. The van der Waals surface area contributed by atoms with E-state index in [0.717, 1.165) is 36.6 Å². The number of allylic oxidation sites excluding steroid dienone is 1. The molecular weight excluding hydrogens is 296 g/mol. The summed E-state index contributed by atoms with van der Waals surface area (Å²) in [5, 5.41) is 7.44. The maximum Gasteiger partial charge on any atom is 0.127 e. The molecule has 1 aromatic rings. The van der Waals surface area contributed by atoms with Gasteiger partial charge in [0.2, 0.25) is 0 Å². The van der Waals surface area contributed by atoms with E-state index in [-0.39, 0.29) is 5.54 Å². The third kappa shape index (κ3) is 2.98. The molecule has 4 nitrogen and oxygen atoms in total. The van der Waals surface area contributed by atoms with Crippen LogP contribution in [-0.4, -0.2) is 43.0 Å². The molecule has 1 aromatic carbocycles. The number of para-hydroxylation sites is 2. The highest BCUT2D eigenvalue weighted by Crippen LogP contribution is 2.39. The second-order valence-electron chi connectivity index (χ2n) is 6.91. The maximum absolute atomic E-state index is 4.96. The molecule has 1 saturated heterocycles. The van der Waals surface area contributed by atoms with Crippen molar-refractivity contribution in [2.24, 2.45) is 10.9 Å². The van der Waals surface area contributed by atoms with Gasteiger partial charge in [-0.25, -0.2) is 0 Å². The molecule has 1 fully saturated rings. The van der Waals surface area contributed by atoms with E-state index in [1.165, 1.54) is 5.69 Å². The molecule has 0 radical (unpaired) electrons. The Morgan fingerprint density at radius 3 is 2.83 bits per heavy atom. The lowest BCUT2D eigenvalue weighted by atomic mass is 9.76. The third-order valence-electron chi connectivity index (χ3n) is 5.33. The van der Waals surface area contributed by atoms with Gasteiger partial charge >= 0.3 is 0 Å². The van der Waals surface area contributed by atoms with Gasteiger partial charge in [0.1, 0.15) is 11.4 Å². The molecule has 1 spiro atoms. The highest BCUT2D eigenvalue weighted by atomic mass is 15.2. The first-order chi connectivity index (χ1) is 11.6. The van der Waals surface area contributed by atoms with Gasteiger partial charge in [0, 0.05) is 13.1 Å². The van der Waals surface area contributed by atoms with Crippen LogP contribution in [0.25, 0.3) is 0 Å². The molecule has 0 aliphatic carbocycles. The molecule has 3 rings (SSSR count). The zero-order valence-corrected chi connectivity index (χ0v) is 15.0. The molecule has 2 aliphatic heterocycles. The third-order valence-corrected chi connectivity index (χ3v) is 5.33. The van der Waals surface area contributed by atoms with Gasteiger partial charge < -0.3 is 15.5 Å². The van der Waals surface area contributed by atoms with E-state index in [9.17, 15) is 0 Å². The predicted octanol–water partition coefficient (Wildman–Crippen LogP) is 3.77. The van der Waals surface area contributed by atoms with Crippen LogP contribution in [0.2, 0.25) is 0 Å². The minimum absolute atomic E-state index is 0.124. The number of nitrogens with one attached hydrogen (secondary N) is 2. The summed E-state index contributed by atoms with van der Waals surface area (Å²) in [6.45, 7) is 11.0. The second kappa shape index (κ2) is 6.81. The molecule has 0 bridgehead atoms. The van der Waals surface area contributed by atoms with E-state index in [0.29, 0.717) is 12.5 Å². The lowest BCUT2D eigenvalue weighted by Gasteiger charge is -2.50. The molecule has 2 unspecified atom stereocenters. The Morgan fingerprint density at radius 2 is 2.17 bits per heavy atom. The number of amidine groups is 1. The van der Waals surface area contributed by atoms with E-state index in [2.05, 4.69) is 66.4 Å². The van der Waals surface area contributed by atoms with Crippen molar-refractivity contribution in [2.75, 3.05) is 37.3 Å². The van der Waals surface area contributed by atoms with Gasteiger partial charge in [0.05, 0.1) is 17.9 Å². The summed E-state index contributed by atoms with van der Waals surface area (Å²) >= 11 is 0. The Hall–Kier alpha value is -2.07. The zero-order valence-electron chi connectivity index (χ0n) is 15.0. The average Bonchev–Trinajstić information content (AvgIpc) is 2.59. The van der Waals surface area contributed by atoms with Crippen LogP contribution >= 0.6 is 0 Å². The van der Waals surface area contributed by atoms with Gasteiger partial charge in [-0.1, -0.05) is 37.8 Å². The molecule has 0 aromatic heterocycles. The minimum atomic E-state index is -0.124. The van der Waals surface area contributed by atoms with Gasteiger partial charge in [-0.15, -0.1) is 0 Å². The number of hydrogen-bond donors (Lipinski definition) is 2. The van der Waals surface area contributed by atoms with Gasteiger partial charge in [-0.3, -0.25) is 4.99 Å². The van der Waals surface area contributed by atoms with Crippen molar-refractivity contribution in [2.45, 2.75) is 25.8 Å². The zero-order chi connectivity index (χ0) is 17.2. The predicted molar refractivity (Wildman–Crippen MR) is 104 cm³/mol. The number of nitrogens with zero attached hydrogens (tertiary/aromatic N) is 2. The Morgan fingerprint density at radius 1 is 1.42 bits per heavy atom. The number of likely N-dealkylation sites (tertiary alicyclic amines) is 1. The average molecular weight is 324 g/mol. The summed E-state index contributed by atoms with van der Waals surface area (Å²) in [5.41, 5.74) is 3.30. The highest BCUT2D eigenvalue weighted by Gasteiger charge is 2.46. The smallest absolute Gasteiger partial charge is 0.127 e. The summed E-state index contributed by atoms with van der Waals surface area (Å²) < 4.78 is 0. The standard InChI is InChI=1S/C20H28N4/c1-5-16(6-2)13-21-19-20(11-12-24(4)14-15(20)3)23-18-10-8-7-9-17(18)22-19/h5-10,15,23H,1,11-14H2,2-4H3,(H,21,22)/b16-6+. The first-order valence-corrected chi connectivity index (χ1v) is 8.74. The number of benzene rings is 1. The normalized spacial score (nSPS) is 29.0. The first-order valence-electron chi connectivity index (χ1n) is 8.74. The van der Waals surface area contributed by atoms with Crippen LogP contribution in [0.4, 0.5) is 11.4 Å². The Balaban J connectivity index is 1.99. The lowest BCUT2D eigenvalue weighted by Crippen LogP contribution is -2.62. The van der Waals surface area contributed by atoms with Gasteiger partial charge in [-0.2, -0.15) is 0 Å². The molecule has 2 aliphatic rings. The van der Waals surface area contributed by atoms with Crippen LogP contribution in [0.1, 0.15) is 20.3 Å². The van der Waals surface area contributed by atoms with E-state index in [4.69, 9.17) is 4.99 Å². The minimum Gasteiger partial charge on any atom is -0.371 e. The van der Waals surface area contributed by atoms with Crippen molar-refractivity contribution in [3.8, 4) is 0 Å². The molecule has 24 heavy (non-hydrogen) atoms. The van der Waals surface area contributed by atoms with Crippen molar-refractivity contribution in [3.63, 3.8) is 0 Å². The SMILES string of the molecule is C=C/C(=C\C)CN=C1Nc2ccccc2NC12CCN(C)CC2C. The van der Waals surface area contributed by atoms with Crippen molar-refractivity contribution in [1.82, 2.24) is 4.90 Å². The molecular formula is C20H28N4. The lowest BCUT2D eigenvalue weighted by molar-refractivity contribution is 0.178. The largest absolute Gasteiger partial charge is 0.371 e.